The third-order valence-electron chi connectivity index (χ3n) is 4.16. The Morgan fingerprint density at radius 2 is 1.89 bits per heavy atom. The number of benzene rings is 2. The van der Waals surface area contributed by atoms with Crippen molar-refractivity contribution in [3.63, 3.8) is 0 Å². The summed E-state index contributed by atoms with van der Waals surface area (Å²) in [6.07, 6.45) is 1.65. The van der Waals surface area contributed by atoms with Crippen LogP contribution in [-0.2, 0) is 4.79 Å². The molecule has 1 amide bonds. The maximum Gasteiger partial charge on any atom is 0.280 e. The van der Waals surface area contributed by atoms with Crippen LogP contribution < -0.4 is 5.01 Å². The van der Waals surface area contributed by atoms with Crippen molar-refractivity contribution in [3.8, 4) is 11.3 Å². The van der Waals surface area contributed by atoms with Crippen LogP contribution in [0.1, 0.15) is 12.7 Å². The number of hydrogen-bond donors (Lipinski definition) is 0. The van der Waals surface area contributed by atoms with Crippen molar-refractivity contribution in [2.45, 2.75) is 6.92 Å². The van der Waals surface area contributed by atoms with Crippen LogP contribution in [-0.4, -0.2) is 11.6 Å². The van der Waals surface area contributed by atoms with Gasteiger partial charge in [0, 0.05) is 10.6 Å². The molecule has 2 aromatic carbocycles. The minimum absolute atomic E-state index is 0.255. The van der Waals surface area contributed by atoms with E-state index in [0.29, 0.717) is 33.5 Å². The van der Waals surface area contributed by atoms with Gasteiger partial charge in [-0.15, -0.1) is 0 Å². The molecule has 4 rings (SSSR count). The van der Waals surface area contributed by atoms with Crippen LogP contribution in [0.15, 0.2) is 75.8 Å². The van der Waals surface area contributed by atoms with E-state index in [4.69, 9.17) is 16.0 Å². The second-order valence-electron chi connectivity index (χ2n) is 6.05. The van der Waals surface area contributed by atoms with E-state index in [1.165, 1.54) is 17.1 Å². The van der Waals surface area contributed by atoms with Crippen molar-refractivity contribution < 1.29 is 13.6 Å². The average molecular weight is 381 g/mol. The second-order valence-corrected chi connectivity index (χ2v) is 6.49. The largest absolute Gasteiger partial charge is 0.457 e. The molecule has 2 heterocycles. The van der Waals surface area contributed by atoms with Crippen LogP contribution >= 0.6 is 11.6 Å². The zero-order chi connectivity index (χ0) is 19.0. The first kappa shape index (κ1) is 17.2. The number of carbonyl (C=O) groups is 1. The van der Waals surface area contributed by atoms with Crippen molar-refractivity contribution in [1.82, 2.24) is 0 Å². The molecule has 0 saturated carbocycles. The molecule has 0 atom stereocenters. The Bertz CT molecular complexity index is 1080. The Morgan fingerprint density at radius 3 is 2.63 bits per heavy atom. The Labute approximate surface area is 160 Å². The highest BCUT2D eigenvalue weighted by Crippen LogP contribution is 2.28. The molecule has 6 heteroatoms. The number of furan rings is 1. The summed E-state index contributed by atoms with van der Waals surface area (Å²) in [5.74, 6) is 0.542. The Hall–Kier alpha value is -3.18. The first-order chi connectivity index (χ1) is 13.0. The van der Waals surface area contributed by atoms with Crippen molar-refractivity contribution in [1.29, 1.82) is 0 Å². The van der Waals surface area contributed by atoms with Crippen LogP contribution in [0.3, 0.4) is 0 Å². The molecule has 4 nitrogen and oxygen atoms in total. The van der Waals surface area contributed by atoms with E-state index in [-0.39, 0.29) is 11.7 Å². The minimum Gasteiger partial charge on any atom is -0.457 e. The van der Waals surface area contributed by atoms with Crippen LogP contribution in [0, 0.1) is 5.82 Å². The van der Waals surface area contributed by atoms with E-state index in [9.17, 15) is 9.18 Å². The molecule has 0 bridgehead atoms. The van der Waals surface area contributed by atoms with E-state index in [1.807, 2.05) is 0 Å². The molecule has 134 valence electrons. The molecular formula is C21H14ClFN2O2. The first-order valence-corrected chi connectivity index (χ1v) is 8.62. The van der Waals surface area contributed by atoms with Gasteiger partial charge in [0.15, 0.2) is 0 Å². The molecule has 3 aromatic rings. The molecule has 0 spiro atoms. The fourth-order valence-electron chi connectivity index (χ4n) is 2.81. The maximum absolute atomic E-state index is 13.1. The number of carbonyl (C=O) groups excluding carboxylic acids is 1. The lowest BCUT2D eigenvalue weighted by atomic mass is 10.1. The van der Waals surface area contributed by atoms with Crippen LogP contribution in [0.2, 0.25) is 5.02 Å². The van der Waals surface area contributed by atoms with Gasteiger partial charge in [0.25, 0.3) is 5.91 Å². The third kappa shape index (κ3) is 3.41. The normalized spacial score (nSPS) is 15.5. The van der Waals surface area contributed by atoms with E-state index in [1.54, 1.807) is 61.5 Å². The number of rotatable bonds is 3. The molecule has 0 radical (unpaired) electrons. The van der Waals surface area contributed by atoms with Crippen molar-refractivity contribution in [2.75, 3.05) is 5.01 Å². The topological polar surface area (TPSA) is 45.8 Å². The number of amides is 1. The molecule has 0 fully saturated rings. The molecule has 1 aromatic heterocycles. The predicted molar refractivity (Wildman–Crippen MR) is 104 cm³/mol. The van der Waals surface area contributed by atoms with Crippen molar-refractivity contribution in [2.24, 2.45) is 5.10 Å². The lowest BCUT2D eigenvalue weighted by Crippen LogP contribution is -2.21. The van der Waals surface area contributed by atoms with Gasteiger partial charge in [-0.25, -0.2) is 4.39 Å². The summed E-state index contributed by atoms with van der Waals surface area (Å²) in [7, 11) is 0. The van der Waals surface area contributed by atoms with Gasteiger partial charge in [0.1, 0.15) is 17.3 Å². The standard InChI is InChI=1S/C21H14ClFN2O2/c1-13-19(21(26)25(24-13)17-4-2-3-15(22)11-17)12-18-9-10-20(27-18)14-5-7-16(23)8-6-14/h2-12H,1H3/b19-12+. The van der Waals surface area contributed by atoms with E-state index in [2.05, 4.69) is 5.10 Å². The molecular weight excluding hydrogens is 367 g/mol. The number of nitrogens with zero attached hydrogens (tertiary/aromatic N) is 2. The minimum atomic E-state index is -0.308. The highest BCUT2D eigenvalue weighted by atomic mass is 35.5. The summed E-state index contributed by atoms with van der Waals surface area (Å²) >= 11 is 6.00. The van der Waals surface area contributed by atoms with Gasteiger partial charge in [-0.05, 0) is 67.6 Å². The van der Waals surface area contributed by atoms with Crippen LogP contribution in [0.25, 0.3) is 17.4 Å². The average Bonchev–Trinajstić information content (AvgIpc) is 3.23. The summed E-state index contributed by atoms with van der Waals surface area (Å²) in [6.45, 7) is 1.76. The summed E-state index contributed by atoms with van der Waals surface area (Å²) in [4.78, 5) is 12.8. The smallest absolute Gasteiger partial charge is 0.280 e. The molecule has 0 saturated heterocycles. The van der Waals surface area contributed by atoms with Gasteiger partial charge in [-0.2, -0.15) is 10.1 Å². The summed E-state index contributed by atoms with van der Waals surface area (Å²) in [6, 6.07) is 16.5. The van der Waals surface area contributed by atoms with Gasteiger partial charge < -0.3 is 4.42 Å². The number of hydrogen-bond acceptors (Lipinski definition) is 3. The summed E-state index contributed by atoms with van der Waals surface area (Å²) < 4.78 is 18.8. The van der Waals surface area contributed by atoms with Gasteiger partial charge in [0.05, 0.1) is 17.0 Å². The monoisotopic (exact) mass is 380 g/mol. The summed E-state index contributed by atoms with van der Waals surface area (Å²) in [5.41, 5.74) is 2.38. The van der Waals surface area contributed by atoms with Gasteiger partial charge in [0.2, 0.25) is 0 Å². The fourth-order valence-corrected chi connectivity index (χ4v) is 2.99. The van der Waals surface area contributed by atoms with E-state index >= 15 is 0 Å². The van der Waals surface area contributed by atoms with Crippen molar-refractivity contribution in [3.05, 3.63) is 82.8 Å². The molecule has 27 heavy (non-hydrogen) atoms. The summed E-state index contributed by atoms with van der Waals surface area (Å²) in [5, 5.41) is 6.17. The maximum atomic E-state index is 13.1. The number of halogens is 2. The SMILES string of the molecule is CC1=NN(c2cccc(Cl)c2)C(=O)/C1=C/c1ccc(-c2ccc(F)cc2)o1. The highest BCUT2D eigenvalue weighted by molar-refractivity contribution is 6.33. The van der Waals surface area contributed by atoms with Crippen molar-refractivity contribution >= 4 is 35.0 Å². The quantitative estimate of drug-likeness (QED) is 0.559. The van der Waals surface area contributed by atoms with Gasteiger partial charge in [-0.1, -0.05) is 17.7 Å². The molecule has 1 aliphatic rings. The van der Waals surface area contributed by atoms with Crippen LogP contribution in [0.4, 0.5) is 10.1 Å². The third-order valence-corrected chi connectivity index (χ3v) is 4.39. The zero-order valence-corrected chi connectivity index (χ0v) is 15.1. The molecule has 0 N–H and O–H groups in total. The Morgan fingerprint density at radius 1 is 1.11 bits per heavy atom. The highest BCUT2D eigenvalue weighted by Gasteiger charge is 2.29. The van der Waals surface area contributed by atoms with Gasteiger partial charge >= 0.3 is 0 Å². The Kier molecular flexibility index (Phi) is 4.38. The Balaban J connectivity index is 1.62. The molecule has 1 aliphatic heterocycles. The van der Waals surface area contributed by atoms with Gasteiger partial charge in [-0.3, -0.25) is 4.79 Å². The first-order valence-electron chi connectivity index (χ1n) is 8.24. The van der Waals surface area contributed by atoms with Crippen LogP contribution in [0.5, 0.6) is 0 Å². The number of hydrazone groups is 1. The second kappa shape index (κ2) is 6.85. The van der Waals surface area contributed by atoms with E-state index in [0.717, 1.165) is 5.56 Å². The fraction of sp³-hybridized carbons (Fsp3) is 0.0476. The number of anilines is 1. The molecule has 0 unspecified atom stereocenters. The van der Waals surface area contributed by atoms with E-state index < -0.39 is 0 Å². The predicted octanol–water partition coefficient (Wildman–Crippen LogP) is 5.55. The molecule has 0 aliphatic carbocycles. The zero-order valence-electron chi connectivity index (χ0n) is 14.3. The lowest BCUT2D eigenvalue weighted by molar-refractivity contribution is -0.114. The lowest BCUT2D eigenvalue weighted by Gasteiger charge is -2.11.